The first-order valence-electron chi connectivity index (χ1n) is 5.74. The molecule has 0 aromatic heterocycles. The fourth-order valence-corrected chi connectivity index (χ4v) is 2.80. The average molecular weight is 283 g/mol. The van der Waals surface area contributed by atoms with Crippen molar-refractivity contribution in [1.29, 1.82) is 0 Å². The zero-order chi connectivity index (χ0) is 11.8. The molecule has 16 heavy (non-hydrogen) atoms. The van der Waals surface area contributed by atoms with E-state index in [9.17, 15) is 0 Å². The number of rotatable bonds is 1. The Bertz CT molecular complexity index is 388. The van der Waals surface area contributed by atoms with Gasteiger partial charge < -0.3 is 10.2 Å². The van der Waals surface area contributed by atoms with Gasteiger partial charge >= 0.3 is 0 Å². The molecule has 3 heteroatoms. The Morgan fingerprint density at radius 3 is 2.75 bits per heavy atom. The van der Waals surface area contributed by atoms with Crippen LogP contribution in [0.5, 0.6) is 0 Å². The van der Waals surface area contributed by atoms with Gasteiger partial charge in [-0.25, -0.2) is 0 Å². The first-order valence-corrected chi connectivity index (χ1v) is 6.53. The van der Waals surface area contributed by atoms with E-state index in [4.69, 9.17) is 0 Å². The summed E-state index contributed by atoms with van der Waals surface area (Å²) in [6, 6.07) is 6.52. The van der Waals surface area contributed by atoms with Gasteiger partial charge in [-0.1, -0.05) is 15.9 Å². The van der Waals surface area contributed by atoms with Crippen LogP contribution < -0.4 is 10.2 Å². The molecule has 1 fully saturated rings. The van der Waals surface area contributed by atoms with Crippen molar-refractivity contribution in [2.24, 2.45) is 0 Å². The third-order valence-electron chi connectivity index (χ3n) is 3.07. The van der Waals surface area contributed by atoms with E-state index < -0.39 is 0 Å². The number of nitrogens with zero attached hydrogens (tertiary/aromatic N) is 1. The molecule has 1 N–H and O–H groups in total. The topological polar surface area (TPSA) is 15.3 Å². The van der Waals surface area contributed by atoms with Crippen LogP contribution in [0, 0.1) is 6.92 Å². The highest BCUT2D eigenvalue weighted by molar-refractivity contribution is 9.10. The van der Waals surface area contributed by atoms with E-state index in [1.54, 1.807) is 0 Å². The zero-order valence-electron chi connectivity index (χ0n) is 10.2. The van der Waals surface area contributed by atoms with Crippen LogP contribution >= 0.6 is 15.9 Å². The van der Waals surface area contributed by atoms with Crippen LogP contribution in [0.2, 0.25) is 0 Å². The molecule has 0 amide bonds. The highest BCUT2D eigenvalue weighted by Crippen LogP contribution is 2.26. The minimum atomic E-state index is 0.206. The van der Waals surface area contributed by atoms with Crippen molar-refractivity contribution in [1.82, 2.24) is 5.32 Å². The van der Waals surface area contributed by atoms with Crippen LogP contribution in [0.4, 0.5) is 5.69 Å². The van der Waals surface area contributed by atoms with Gasteiger partial charge in [0.25, 0.3) is 0 Å². The summed E-state index contributed by atoms with van der Waals surface area (Å²) in [5.74, 6) is 0. The van der Waals surface area contributed by atoms with Gasteiger partial charge in [0.15, 0.2) is 0 Å². The van der Waals surface area contributed by atoms with Gasteiger partial charge in [-0.2, -0.15) is 0 Å². The molecular weight excluding hydrogens is 264 g/mol. The Morgan fingerprint density at radius 2 is 2.12 bits per heavy atom. The standard InChI is InChI=1S/C13H19BrN2/c1-10-8-11(14)4-5-12(10)16-7-6-15-13(2,3)9-16/h4-5,8,15H,6-7,9H2,1-3H3. The van der Waals surface area contributed by atoms with Crippen LogP contribution in [-0.4, -0.2) is 25.2 Å². The lowest BCUT2D eigenvalue weighted by molar-refractivity contribution is 0.353. The molecule has 0 atom stereocenters. The molecule has 0 aliphatic carbocycles. The Kier molecular flexibility index (Phi) is 3.27. The van der Waals surface area contributed by atoms with Crippen LogP contribution in [0.3, 0.4) is 0 Å². The minimum absolute atomic E-state index is 0.206. The molecule has 1 aliphatic heterocycles. The number of piperazine rings is 1. The molecule has 1 heterocycles. The lowest BCUT2D eigenvalue weighted by Gasteiger charge is -2.41. The normalized spacial score (nSPS) is 19.9. The molecule has 0 spiro atoms. The summed E-state index contributed by atoms with van der Waals surface area (Å²) in [5, 5.41) is 3.54. The molecule has 1 saturated heterocycles. The van der Waals surface area contributed by atoms with Crippen LogP contribution in [0.25, 0.3) is 0 Å². The van der Waals surface area contributed by atoms with Gasteiger partial charge in [0.1, 0.15) is 0 Å². The molecule has 1 aromatic carbocycles. The zero-order valence-corrected chi connectivity index (χ0v) is 11.8. The summed E-state index contributed by atoms with van der Waals surface area (Å²) in [6.07, 6.45) is 0. The van der Waals surface area contributed by atoms with E-state index in [1.165, 1.54) is 11.3 Å². The van der Waals surface area contributed by atoms with Crippen molar-refractivity contribution in [3.8, 4) is 0 Å². The minimum Gasteiger partial charge on any atom is -0.368 e. The van der Waals surface area contributed by atoms with Crippen LogP contribution in [-0.2, 0) is 0 Å². The molecule has 1 aliphatic rings. The maximum absolute atomic E-state index is 3.54. The summed E-state index contributed by atoms with van der Waals surface area (Å²) >= 11 is 3.51. The molecule has 0 saturated carbocycles. The van der Waals surface area contributed by atoms with Crippen molar-refractivity contribution < 1.29 is 0 Å². The largest absolute Gasteiger partial charge is 0.368 e. The van der Waals surface area contributed by atoms with E-state index in [2.05, 4.69) is 65.1 Å². The maximum atomic E-state index is 3.54. The summed E-state index contributed by atoms with van der Waals surface area (Å²) in [4.78, 5) is 2.47. The Morgan fingerprint density at radius 1 is 1.38 bits per heavy atom. The second kappa shape index (κ2) is 4.38. The van der Waals surface area contributed by atoms with E-state index >= 15 is 0 Å². The number of halogens is 1. The van der Waals surface area contributed by atoms with E-state index in [0.717, 1.165) is 24.1 Å². The van der Waals surface area contributed by atoms with E-state index in [-0.39, 0.29) is 5.54 Å². The Hall–Kier alpha value is -0.540. The van der Waals surface area contributed by atoms with Gasteiger partial charge in [0.2, 0.25) is 0 Å². The lowest BCUT2D eigenvalue weighted by atomic mass is 10.0. The molecule has 0 bridgehead atoms. The molecule has 88 valence electrons. The quantitative estimate of drug-likeness (QED) is 0.852. The summed E-state index contributed by atoms with van der Waals surface area (Å²) in [6.45, 7) is 9.90. The number of aryl methyl sites for hydroxylation is 1. The third kappa shape index (κ3) is 2.58. The predicted octanol–water partition coefficient (Wildman–Crippen LogP) is 2.95. The highest BCUT2D eigenvalue weighted by atomic mass is 79.9. The third-order valence-corrected chi connectivity index (χ3v) is 3.56. The first kappa shape index (κ1) is 11.9. The Balaban J connectivity index is 2.23. The second-order valence-electron chi connectivity index (χ2n) is 5.16. The first-order chi connectivity index (χ1) is 7.48. The number of hydrogen-bond donors (Lipinski definition) is 1. The molecule has 1 aromatic rings. The SMILES string of the molecule is Cc1cc(Br)ccc1N1CCNC(C)(C)C1. The van der Waals surface area contributed by atoms with E-state index in [0.29, 0.717) is 0 Å². The fourth-order valence-electron chi connectivity index (χ4n) is 2.32. The number of benzene rings is 1. The monoisotopic (exact) mass is 282 g/mol. The van der Waals surface area contributed by atoms with Gasteiger partial charge in [-0.3, -0.25) is 0 Å². The number of anilines is 1. The van der Waals surface area contributed by atoms with Crippen LogP contribution in [0.15, 0.2) is 22.7 Å². The van der Waals surface area contributed by atoms with Crippen LogP contribution in [0.1, 0.15) is 19.4 Å². The molecular formula is C13H19BrN2. The van der Waals surface area contributed by atoms with Gasteiger partial charge in [-0.15, -0.1) is 0 Å². The van der Waals surface area contributed by atoms with Gasteiger partial charge in [0, 0.05) is 35.3 Å². The fraction of sp³-hybridized carbons (Fsp3) is 0.538. The average Bonchev–Trinajstić information content (AvgIpc) is 2.15. The Labute approximate surface area is 106 Å². The predicted molar refractivity (Wildman–Crippen MR) is 73.2 cm³/mol. The molecule has 0 unspecified atom stereocenters. The van der Waals surface area contributed by atoms with Gasteiger partial charge in [-0.05, 0) is 44.5 Å². The maximum Gasteiger partial charge on any atom is 0.0397 e. The molecule has 2 nitrogen and oxygen atoms in total. The number of nitrogens with one attached hydrogen (secondary N) is 1. The summed E-state index contributed by atoms with van der Waals surface area (Å²) in [5.41, 5.74) is 2.91. The van der Waals surface area contributed by atoms with Crippen molar-refractivity contribution in [2.75, 3.05) is 24.5 Å². The van der Waals surface area contributed by atoms with Crippen molar-refractivity contribution in [2.45, 2.75) is 26.3 Å². The van der Waals surface area contributed by atoms with Gasteiger partial charge in [0.05, 0.1) is 0 Å². The molecule has 0 radical (unpaired) electrons. The van der Waals surface area contributed by atoms with E-state index in [1.807, 2.05) is 0 Å². The lowest BCUT2D eigenvalue weighted by Crippen LogP contribution is -2.57. The number of hydrogen-bond acceptors (Lipinski definition) is 2. The highest BCUT2D eigenvalue weighted by Gasteiger charge is 2.26. The van der Waals surface area contributed by atoms with Crippen molar-refractivity contribution >= 4 is 21.6 Å². The summed E-state index contributed by atoms with van der Waals surface area (Å²) < 4.78 is 1.16. The molecule has 2 rings (SSSR count). The smallest absolute Gasteiger partial charge is 0.0397 e. The van der Waals surface area contributed by atoms with Crippen molar-refractivity contribution in [3.05, 3.63) is 28.2 Å². The summed E-state index contributed by atoms with van der Waals surface area (Å²) in [7, 11) is 0. The second-order valence-corrected chi connectivity index (χ2v) is 6.08. The van der Waals surface area contributed by atoms with Crippen molar-refractivity contribution in [3.63, 3.8) is 0 Å².